The van der Waals surface area contributed by atoms with Gasteiger partial charge in [-0.25, -0.2) is 0 Å². The topological polar surface area (TPSA) is 75.9 Å². The van der Waals surface area contributed by atoms with Gasteiger partial charge in [0.1, 0.15) is 0 Å². The molecule has 1 rings (SSSR count). The monoisotopic (exact) mass is 237 g/mol. The van der Waals surface area contributed by atoms with E-state index in [1.807, 2.05) is 0 Å². The molecule has 0 spiro atoms. The summed E-state index contributed by atoms with van der Waals surface area (Å²) < 4.78 is 31.5. The molecular formula is C8H19N3O3S. The fraction of sp³-hybridized carbons (Fsp3) is 1.00. The highest BCUT2D eigenvalue weighted by Crippen LogP contribution is 2.15. The van der Waals surface area contributed by atoms with E-state index in [4.69, 9.17) is 10.5 Å². The van der Waals surface area contributed by atoms with Gasteiger partial charge in [-0.3, -0.25) is 0 Å². The van der Waals surface area contributed by atoms with Gasteiger partial charge in [0.25, 0.3) is 10.2 Å². The van der Waals surface area contributed by atoms with E-state index in [-0.39, 0.29) is 0 Å². The molecule has 0 aromatic heterocycles. The van der Waals surface area contributed by atoms with Crippen LogP contribution < -0.4 is 5.73 Å². The number of rotatable bonds is 6. The second-order valence-electron chi connectivity index (χ2n) is 3.44. The molecule has 90 valence electrons. The third kappa shape index (κ3) is 3.12. The summed E-state index contributed by atoms with van der Waals surface area (Å²) in [4.78, 5) is 0. The molecule has 0 aromatic carbocycles. The molecule has 0 aromatic rings. The highest BCUT2D eigenvalue weighted by molar-refractivity contribution is 7.87. The van der Waals surface area contributed by atoms with E-state index in [1.54, 1.807) is 7.11 Å². The van der Waals surface area contributed by atoms with Gasteiger partial charge in [-0.15, -0.1) is 0 Å². The Morgan fingerprint density at radius 3 is 2.40 bits per heavy atom. The Hall–Kier alpha value is -0.210. The highest BCUT2D eigenvalue weighted by atomic mass is 32.2. The average Bonchev–Trinajstić information content (AvgIpc) is 2.46. The molecule has 0 unspecified atom stereocenters. The lowest BCUT2D eigenvalue weighted by Gasteiger charge is -2.17. The first-order valence-corrected chi connectivity index (χ1v) is 6.47. The number of nitrogens with two attached hydrogens (primary N) is 1. The minimum Gasteiger partial charge on any atom is -0.385 e. The molecule has 0 bridgehead atoms. The van der Waals surface area contributed by atoms with Gasteiger partial charge < -0.3 is 10.5 Å². The third-order valence-corrected chi connectivity index (χ3v) is 4.42. The summed E-state index contributed by atoms with van der Waals surface area (Å²) in [5.41, 5.74) is 5.35. The quantitative estimate of drug-likeness (QED) is 0.592. The average molecular weight is 237 g/mol. The molecule has 1 fully saturated rings. The number of hydrogen-bond donors (Lipinski definition) is 1. The van der Waals surface area contributed by atoms with E-state index in [9.17, 15) is 8.42 Å². The minimum atomic E-state index is -3.24. The highest BCUT2D eigenvalue weighted by Gasteiger charge is 2.35. The van der Waals surface area contributed by atoms with Crippen molar-refractivity contribution in [3.63, 3.8) is 0 Å². The lowest BCUT2D eigenvalue weighted by molar-refractivity contribution is 0.188. The Bertz CT molecular complexity index is 281. The second kappa shape index (κ2) is 5.76. The van der Waals surface area contributed by atoms with Crippen LogP contribution in [0.3, 0.4) is 0 Å². The molecule has 0 amide bonds. The molecule has 1 heterocycles. The van der Waals surface area contributed by atoms with Crippen molar-refractivity contribution in [3.05, 3.63) is 0 Å². The summed E-state index contributed by atoms with van der Waals surface area (Å²) in [6.45, 7) is 2.99. The zero-order chi connectivity index (χ0) is 11.3. The van der Waals surface area contributed by atoms with Crippen molar-refractivity contribution in [1.29, 1.82) is 0 Å². The van der Waals surface area contributed by atoms with Crippen LogP contribution in [0.4, 0.5) is 0 Å². The van der Waals surface area contributed by atoms with Crippen molar-refractivity contribution < 1.29 is 13.2 Å². The summed E-state index contributed by atoms with van der Waals surface area (Å²) >= 11 is 0. The maximum atomic E-state index is 11.8. The molecule has 15 heavy (non-hydrogen) atoms. The zero-order valence-corrected chi connectivity index (χ0v) is 9.87. The first-order valence-electron chi connectivity index (χ1n) is 5.07. The molecule has 0 atom stereocenters. The number of hydrogen-bond acceptors (Lipinski definition) is 4. The van der Waals surface area contributed by atoms with E-state index in [0.717, 1.165) is 6.42 Å². The molecule has 1 saturated heterocycles. The SMILES string of the molecule is COCCCN1CCN(CCN)S1(=O)=O. The van der Waals surface area contributed by atoms with Gasteiger partial charge in [-0.2, -0.15) is 17.0 Å². The largest absolute Gasteiger partial charge is 0.385 e. The van der Waals surface area contributed by atoms with Crippen molar-refractivity contribution in [2.45, 2.75) is 6.42 Å². The van der Waals surface area contributed by atoms with Gasteiger partial charge in [-0.1, -0.05) is 0 Å². The fourth-order valence-corrected chi connectivity index (χ4v) is 3.25. The number of methoxy groups -OCH3 is 1. The molecule has 0 aliphatic carbocycles. The Morgan fingerprint density at radius 1 is 1.27 bits per heavy atom. The van der Waals surface area contributed by atoms with E-state index in [1.165, 1.54) is 8.61 Å². The molecule has 1 aliphatic rings. The van der Waals surface area contributed by atoms with Crippen LogP contribution in [-0.4, -0.2) is 63.5 Å². The molecular weight excluding hydrogens is 218 g/mol. The maximum Gasteiger partial charge on any atom is 0.282 e. The van der Waals surface area contributed by atoms with Crippen molar-refractivity contribution in [2.75, 3.05) is 46.4 Å². The first kappa shape index (κ1) is 12.9. The third-order valence-electron chi connectivity index (χ3n) is 2.39. The predicted molar refractivity (Wildman–Crippen MR) is 57.6 cm³/mol. The standard InChI is InChI=1S/C8H19N3O3S/c1-14-8-2-4-10-6-7-11(5-3-9)15(10,12)13/h2-9H2,1H3. The normalized spacial score (nSPS) is 22.3. The number of ether oxygens (including phenoxy) is 1. The van der Waals surface area contributed by atoms with Crippen molar-refractivity contribution in [1.82, 2.24) is 8.61 Å². The van der Waals surface area contributed by atoms with Crippen molar-refractivity contribution in [2.24, 2.45) is 5.73 Å². The van der Waals surface area contributed by atoms with Crippen LogP contribution in [0.2, 0.25) is 0 Å². The molecule has 6 nitrogen and oxygen atoms in total. The van der Waals surface area contributed by atoms with E-state index >= 15 is 0 Å². The van der Waals surface area contributed by atoms with Crippen LogP contribution >= 0.6 is 0 Å². The van der Waals surface area contributed by atoms with Gasteiger partial charge in [0.05, 0.1) is 0 Å². The summed E-state index contributed by atoms with van der Waals surface area (Å²) in [5, 5.41) is 0. The van der Waals surface area contributed by atoms with Crippen LogP contribution in [0.25, 0.3) is 0 Å². The van der Waals surface area contributed by atoms with Crippen LogP contribution in [0.5, 0.6) is 0 Å². The minimum absolute atomic E-state index is 0.366. The fourth-order valence-electron chi connectivity index (χ4n) is 1.60. The van der Waals surface area contributed by atoms with E-state index in [0.29, 0.717) is 39.3 Å². The molecule has 0 saturated carbocycles. The van der Waals surface area contributed by atoms with Gasteiger partial charge >= 0.3 is 0 Å². The van der Waals surface area contributed by atoms with Gasteiger partial charge in [-0.05, 0) is 6.42 Å². The van der Waals surface area contributed by atoms with Crippen molar-refractivity contribution in [3.8, 4) is 0 Å². The van der Waals surface area contributed by atoms with Crippen LogP contribution in [0.1, 0.15) is 6.42 Å². The summed E-state index contributed by atoms with van der Waals surface area (Å²) in [6, 6.07) is 0. The van der Waals surface area contributed by atoms with Gasteiger partial charge in [0, 0.05) is 46.4 Å². The van der Waals surface area contributed by atoms with Gasteiger partial charge in [0.15, 0.2) is 0 Å². The smallest absolute Gasteiger partial charge is 0.282 e. The second-order valence-corrected chi connectivity index (χ2v) is 5.37. The van der Waals surface area contributed by atoms with Crippen LogP contribution in [-0.2, 0) is 14.9 Å². The maximum absolute atomic E-state index is 11.8. The Kier molecular flexibility index (Phi) is 4.94. The predicted octanol–water partition coefficient (Wildman–Crippen LogP) is -1.16. The zero-order valence-electron chi connectivity index (χ0n) is 9.05. The number of nitrogens with zero attached hydrogens (tertiary/aromatic N) is 2. The summed E-state index contributed by atoms with van der Waals surface area (Å²) in [5.74, 6) is 0. The van der Waals surface area contributed by atoms with E-state index in [2.05, 4.69) is 0 Å². The molecule has 2 N–H and O–H groups in total. The molecule has 0 radical (unpaired) electrons. The lowest BCUT2D eigenvalue weighted by atomic mass is 10.4. The molecule has 1 aliphatic heterocycles. The van der Waals surface area contributed by atoms with Gasteiger partial charge in [0.2, 0.25) is 0 Å². The Morgan fingerprint density at radius 2 is 1.87 bits per heavy atom. The summed E-state index contributed by atoms with van der Waals surface area (Å²) in [7, 11) is -1.63. The van der Waals surface area contributed by atoms with Crippen LogP contribution in [0.15, 0.2) is 0 Å². The lowest BCUT2D eigenvalue weighted by Crippen LogP contribution is -2.36. The van der Waals surface area contributed by atoms with Crippen molar-refractivity contribution >= 4 is 10.2 Å². The molecule has 7 heteroatoms. The van der Waals surface area contributed by atoms with E-state index < -0.39 is 10.2 Å². The summed E-state index contributed by atoms with van der Waals surface area (Å²) in [6.07, 6.45) is 0.728. The Balaban J connectivity index is 2.48. The van der Waals surface area contributed by atoms with Crippen LogP contribution in [0, 0.1) is 0 Å². The first-order chi connectivity index (χ1) is 7.12. The Labute approximate surface area is 91.2 Å².